The molecule has 0 aromatic heterocycles. The van der Waals surface area contributed by atoms with Gasteiger partial charge in [-0.15, -0.1) is 0 Å². The van der Waals surface area contributed by atoms with Crippen LogP contribution in [-0.2, 0) is 39.8 Å². The molecule has 10 nitrogen and oxygen atoms in total. The second-order valence-corrected chi connectivity index (χ2v) is 12.4. The van der Waals surface area contributed by atoms with Gasteiger partial charge in [0.05, 0.1) is 13.2 Å². The highest BCUT2D eigenvalue weighted by Crippen LogP contribution is 2.30. The number of allylic oxidation sites excluding steroid dienone is 1. The normalized spacial score (nSPS) is 19.6. The topological polar surface area (TPSA) is 129 Å². The summed E-state index contributed by atoms with van der Waals surface area (Å²) in [7, 11) is 3.59. The number of benzene rings is 2. The van der Waals surface area contributed by atoms with Gasteiger partial charge in [-0.1, -0.05) is 37.4 Å². The first-order chi connectivity index (χ1) is 23.8. The van der Waals surface area contributed by atoms with Crippen molar-refractivity contribution in [2.45, 2.75) is 57.8 Å². The molecule has 10 heteroatoms. The molecule has 2 aliphatic rings. The van der Waals surface area contributed by atoms with Gasteiger partial charge in [0.15, 0.2) is 0 Å². The lowest BCUT2D eigenvalue weighted by atomic mass is 9.83. The molecule has 0 aliphatic heterocycles. The van der Waals surface area contributed by atoms with E-state index >= 15 is 0 Å². The first kappa shape index (κ1) is 40.9. The highest BCUT2D eigenvalue weighted by atomic mass is 16.5. The standard InChI is InChI=1S/C26H30N2O5.C10H20O2.C3H4O/c1-2-25(30)32-16-21-3-5-22(6-4-21)17-33-26(31)28-24-13-9-20(10-14-24)15-19-7-11-23(12-8-19)27-18-29;1-11-7-9-3-5-10(6-4-9)8-12-2;1-2-3-4/h2,7-14,18,21-22H,1,3-6,15-17H2,(H,27,29)(H,28,31);9-10H,3-8H2,1-2H3;2-3H,1H2. The zero-order valence-electron chi connectivity index (χ0n) is 29.1. The molecule has 0 radical (unpaired) electrons. The summed E-state index contributed by atoms with van der Waals surface area (Å²) < 4.78 is 20.8. The van der Waals surface area contributed by atoms with Gasteiger partial charge in [0.25, 0.3) is 0 Å². The van der Waals surface area contributed by atoms with Crippen molar-refractivity contribution in [2.24, 2.45) is 23.7 Å². The number of carbonyl (C=O) groups excluding carboxylic acids is 4. The Morgan fingerprint density at radius 3 is 1.47 bits per heavy atom. The maximum absolute atomic E-state index is 12.2. The van der Waals surface area contributed by atoms with Crippen molar-refractivity contribution in [3.63, 3.8) is 0 Å². The van der Waals surface area contributed by atoms with Gasteiger partial charge in [-0.3, -0.25) is 14.9 Å². The molecule has 0 saturated heterocycles. The molecule has 0 bridgehead atoms. The summed E-state index contributed by atoms with van der Waals surface area (Å²) in [5.41, 5.74) is 3.68. The van der Waals surface area contributed by atoms with Crippen LogP contribution in [0, 0.1) is 23.7 Å². The van der Waals surface area contributed by atoms with Gasteiger partial charge >= 0.3 is 12.1 Å². The second kappa shape index (κ2) is 24.8. The van der Waals surface area contributed by atoms with Crippen molar-refractivity contribution in [1.82, 2.24) is 0 Å². The number of methoxy groups -OCH3 is 2. The fourth-order valence-corrected chi connectivity index (χ4v) is 5.94. The third-order valence-electron chi connectivity index (χ3n) is 8.70. The van der Waals surface area contributed by atoms with Crippen LogP contribution in [0.2, 0.25) is 0 Å². The number of amides is 2. The summed E-state index contributed by atoms with van der Waals surface area (Å²) in [6.45, 7) is 9.21. The highest BCUT2D eigenvalue weighted by Gasteiger charge is 2.23. The Labute approximate surface area is 291 Å². The Hall–Kier alpha value is -4.28. The molecule has 2 N–H and O–H groups in total. The number of nitrogens with one attached hydrogen (secondary N) is 2. The molecule has 0 atom stereocenters. The summed E-state index contributed by atoms with van der Waals surface area (Å²) >= 11 is 0. The molecule has 0 spiro atoms. The third kappa shape index (κ3) is 17.6. The number of anilines is 2. The predicted molar refractivity (Wildman–Crippen MR) is 192 cm³/mol. The maximum Gasteiger partial charge on any atom is 0.411 e. The summed E-state index contributed by atoms with van der Waals surface area (Å²) in [5, 5.41) is 5.39. The van der Waals surface area contributed by atoms with Crippen molar-refractivity contribution >= 4 is 36.1 Å². The largest absolute Gasteiger partial charge is 0.462 e. The molecule has 4 rings (SSSR count). The molecule has 2 aliphatic carbocycles. The molecule has 0 heterocycles. The molecular weight excluding hydrogens is 624 g/mol. The minimum atomic E-state index is -0.456. The Kier molecular flexibility index (Phi) is 20.7. The van der Waals surface area contributed by atoms with Crippen LogP contribution >= 0.6 is 0 Å². The van der Waals surface area contributed by atoms with E-state index in [0.29, 0.717) is 43.4 Å². The number of esters is 1. The molecule has 2 aromatic carbocycles. The van der Waals surface area contributed by atoms with Crippen LogP contribution in [0.15, 0.2) is 73.8 Å². The van der Waals surface area contributed by atoms with Crippen LogP contribution in [0.1, 0.15) is 62.5 Å². The van der Waals surface area contributed by atoms with E-state index in [2.05, 4.69) is 23.8 Å². The lowest BCUT2D eigenvalue weighted by molar-refractivity contribution is -0.139. The zero-order chi connectivity index (χ0) is 35.7. The van der Waals surface area contributed by atoms with Crippen LogP contribution < -0.4 is 10.6 Å². The first-order valence-corrected chi connectivity index (χ1v) is 17.0. The van der Waals surface area contributed by atoms with Crippen molar-refractivity contribution in [1.29, 1.82) is 0 Å². The van der Waals surface area contributed by atoms with E-state index < -0.39 is 6.09 Å². The van der Waals surface area contributed by atoms with Crippen LogP contribution in [-0.4, -0.2) is 65.4 Å². The molecular formula is C39H54N2O8. The quantitative estimate of drug-likeness (QED) is 0.113. The maximum atomic E-state index is 12.2. The summed E-state index contributed by atoms with van der Waals surface area (Å²) in [6.07, 6.45) is 13.1. The number of rotatable bonds is 15. The Balaban J connectivity index is 0.000000430. The summed E-state index contributed by atoms with van der Waals surface area (Å²) in [4.78, 5) is 42.9. The highest BCUT2D eigenvalue weighted by molar-refractivity contribution is 5.84. The number of carbonyl (C=O) groups is 4. The Bertz CT molecular complexity index is 1230. The third-order valence-corrected chi connectivity index (χ3v) is 8.70. The predicted octanol–water partition coefficient (Wildman–Crippen LogP) is 7.39. The van der Waals surface area contributed by atoms with E-state index in [1.807, 2.05) is 48.5 Å². The van der Waals surface area contributed by atoms with E-state index in [9.17, 15) is 14.4 Å². The van der Waals surface area contributed by atoms with Gasteiger partial charge in [-0.05, 0) is 123 Å². The Morgan fingerprint density at radius 1 is 0.673 bits per heavy atom. The molecule has 2 amide bonds. The van der Waals surface area contributed by atoms with E-state index in [1.165, 1.54) is 37.8 Å². The Morgan fingerprint density at radius 2 is 1.08 bits per heavy atom. The van der Waals surface area contributed by atoms with Crippen molar-refractivity contribution in [2.75, 3.05) is 51.3 Å². The molecule has 0 unspecified atom stereocenters. The van der Waals surface area contributed by atoms with E-state index in [-0.39, 0.29) is 5.97 Å². The number of hydrogen-bond donors (Lipinski definition) is 2. The van der Waals surface area contributed by atoms with Crippen LogP contribution in [0.4, 0.5) is 16.2 Å². The first-order valence-electron chi connectivity index (χ1n) is 17.0. The molecule has 268 valence electrons. The molecule has 49 heavy (non-hydrogen) atoms. The van der Waals surface area contributed by atoms with E-state index in [4.69, 9.17) is 23.7 Å². The van der Waals surface area contributed by atoms with Crippen molar-refractivity contribution < 1.29 is 38.1 Å². The van der Waals surface area contributed by atoms with Gasteiger partial charge in [-0.2, -0.15) is 0 Å². The number of aldehydes is 1. The number of hydrogen-bond acceptors (Lipinski definition) is 8. The minimum Gasteiger partial charge on any atom is -0.462 e. The SMILES string of the molecule is C=CC(=O)OCC1CCC(COC(=O)Nc2ccc(Cc3ccc(NC=O)cc3)cc2)CC1.C=CC=O.COCC1CCC(COC)CC1. The van der Waals surface area contributed by atoms with Gasteiger partial charge in [0.1, 0.15) is 6.29 Å². The summed E-state index contributed by atoms with van der Waals surface area (Å²) in [6, 6.07) is 15.3. The lowest BCUT2D eigenvalue weighted by Gasteiger charge is -2.27. The minimum absolute atomic E-state index is 0.331. The van der Waals surface area contributed by atoms with Gasteiger partial charge in [-0.25, -0.2) is 9.59 Å². The van der Waals surface area contributed by atoms with E-state index in [0.717, 1.165) is 74.0 Å². The monoisotopic (exact) mass is 678 g/mol. The second-order valence-electron chi connectivity index (χ2n) is 12.4. The number of ether oxygens (including phenoxy) is 4. The van der Waals surface area contributed by atoms with Gasteiger partial charge < -0.3 is 24.3 Å². The lowest BCUT2D eigenvalue weighted by Crippen LogP contribution is -2.24. The van der Waals surface area contributed by atoms with Gasteiger partial charge in [0.2, 0.25) is 6.41 Å². The fraction of sp³-hybridized carbons (Fsp3) is 0.487. The smallest absolute Gasteiger partial charge is 0.411 e. The van der Waals surface area contributed by atoms with Crippen molar-refractivity contribution in [3.8, 4) is 0 Å². The van der Waals surface area contributed by atoms with Gasteiger partial charge in [0, 0.05) is 44.9 Å². The summed E-state index contributed by atoms with van der Waals surface area (Å²) in [5.74, 6) is 1.93. The molecule has 2 fully saturated rings. The average molecular weight is 679 g/mol. The molecule has 2 saturated carbocycles. The average Bonchev–Trinajstić information content (AvgIpc) is 3.13. The van der Waals surface area contributed by atoms with Crippen LogP contribution in [0.3, 0.4) is 0 Å². The zero-order valence-corrected chi connectivity index (χ0v) is 29.1. The molecule has 2 aromatic rings. The van der Waals surface area contributed by atoms with Crippen LogP contribution in [0.25, 0.3) is 0 Å². The van der Waals surface area contributed by atoms with Crippen molar-refractivity contribution in [3.05, 3.63) is 85.0 Å². The fourth-order valence-electron chi connectivity index (χ4n) is 5.94. The van der Waals surface area contributed by atoms with E-state index in [1.54, 1.807) is 14.2 Å². The van der Waals surface area contributed by atoms with Crippen LogP contribution in [0.5, 0.6) is 0 Å².